The van der Waals surface area contributed by atoms with Crippen molar-refractivity contribution >= 4 is 17.9 Å². The Bertz CT molecular complexity index is 938. The summed E-state index contributed by atoms with van der Waals surface area (Å²) >= 11 is 0. The fourth-order valence-corrected chi connectivity index (χ4v) is 6.51. The number of carbonyl (C=O) groups excluding carboxylic acids is 3. The molecule has 320 valence electrons. The van der Waals surface area contributed by atoms with E-state index in [0.717, 1.165) is 89.9 Å². The molecule has 6 heteroatoms. The molecule has 0 aromatic carbocycles. The van der Waals surface area contributed by atoms with Crippen LogP contribution in [-0.2, 0) is 28.6 Å². The summed E-state index contributed by atoms with van der Waals surface area (Å²) in [6, 6.07) is 0. The van der Waals surface area contributed by atoms with E-state index in [4.69, 9.17) is 14.2 Å². The molecular formula is C49H88O6. The standard InChI is InChI=1S/C49H88O6/c1-4-7-10-13-16-19-22-23-24-25-26-28-30-33-36-39-42-48(51)54-45-46(44-53-47(50)41-38-35-32-29-21-18-15-12-9-6-3)55-49(52)43-40-37-34-31-27-20-17-14-11-8-5-2/h14,17,19,22,24-25,46H,4-13,15-16,18,20-21,23,26-45H2,1-3H3/b17-14-,22-19-,25-24-. The van der Waals surface area contributed by atoms with Crippen molar-refractivity contribution in [3.05, 3.63) is 36.5 Å². The summed E-state index contributed by atoms with van der Waals surface area (Å²) in [4.78, 5) is 37.7. The minimum atomic E-state index is -0.776. The highest BCUT2D eigenvalue weighted by Gasteiger charge is 2.19. The number of carbonyl (C=O) groups is 3. The van der Waals surface area contributed by atoms with Gasteiger partial charge in [0.05, 0.1) is 0 Å². The highest BCUT2D eigenvalue weighted by Crippen LogP contribution is 2.14. The molecule has 0 fully saturated rings. The van der Waals surface area contributed by atoms with Crippen molar-refractivity contribution in [2.24, 2.45) is 0 Å². The van der Waals surface area contributed by atoms with E-state index in [1.807, 2.05) is 0 Å². The lowest BCUT2D eigenvalue weighted by Crippen LogP contribution is -2.30. The molecule has 55 heavy (non-hydrogen) atoms. The van der Waals surface area contributed by atoms with Gasteiger partial charge in [0.2, 0.25) is 0 Å². The molecule has 1 unspecified atom stereocenters. The Labute approximate surface area is 340 Å². The van der Waals surface area contributed by atoms with Crippen molar-refractivity contribution in [3.63, 3.8) is 0 Å². The lowest BCUT2D eigenvalue weighted by molar-refractivity contribution is -0.167. The molecule has 0 aliphatic rings. The van der Waals surface area contributed by atoms with E-state index in [-0.39, 0.29) is 31.1 Å². The summed E-state index contributed by atoms with van der Waals surface area (Å²) in [6.07, 6.45) is 49.8. The van der Waals surface area contributed by atoms with E-state index in [0.29, 0.717) is 19.3 Å². The van der Waals surface area contributed by atoms with Crippen molar-refractivity contribution in [1.82, 2.24) is 0 Å². The van der Waals surface area contributed by atoms with Gasteiger partial charge in [-0.25, -0.2) is 0 Å². The molecule has 0 aliphatic carbocycles. The van der Waals surface area contributed by atoms with E-state index in [1.165, 1.54) is 109 Å². The van der Waals surface area contributed by atoms with Gasteiger partial charge in [-0.15, -0.1) is 0 Å². The topological polar surface area (TPSA) is 78.9 Å². The number of hydrogen-bond donors (Lipinski definition) is 0. The van der Waals surface area contributed by atoms with E-state index in [9.17, 15) is 14.4 Å². The Morgan fingerprint density at radius 3 is 1.09 bits per heavy atom. The molecular weight excluding hydrogens is 685 g/mol. The summed E-state index contributed by atoms with van der Waals surface area (Å²) in [7, 11) is 0. The predicted octanol–water partition coefficient (Wildman–Crippen LogP) is 15.0. The van der Waals surface area contributed by atoms with Crippen LogP contribution in [0.1, 0.15) is 239 Å². The second kappa shape index (κ2) is 44.3. The second-order valence-electron chi connectivity index (χ2n) is 15.7. The average Bonchev–Trinajstić information content (AvgIpc) is 3.18. The quantitative estimate of drug-likeness (QED) is 0.0266. The van der Waals surface area contributed by atoms with Gasteiger partial charge >= 0.3 is 17.9 Å². The lowest BCUT2D eigenvalue weighted by atomic mass is 10.1. The van der Waals surface area contributed by atoms with Gasteiger partial charge in [0.1, 0.15) is 13.2 Å². The monoisotopic (exact) mass is 773 g/mol. The maximum Gasteiger partial charge on any atom is 0.306 e. The first-order valence-electron chi connectivity index (χ1n) is 23.5. The Kier molecular flexibility index (Phi) is 42.4. The Morgan fingerprint density at radius 2 is 0.673 bits per heavy atom. The van der Waals surface area contributed by atoms with Crippen LogP contribution >= 0.6 is 0 Å². The highest BCUT2D eigenvalue weighted by atomic mass is 16.6. The Morgan fingerprint density at radius 1 is 0.364 bits per heavy atom. The maximum atomic E-state index is 12.7. The van der Waals surface area contributed by atoms with Crippen LogP contribution in [0.25, 0.3) is 0 Å². The van der Waals surface area contributed by atoms with Gasteiger partial charge in [-0.3, -0.25) is 14.4 Å². The highest BCUT2D eigenvalue weighted by molar-refractivity contribution is 5.71. The number of ether oxygens (including phenoxy) is 3. The molecule has 0 spiro atoms. The summed E-state index contributed by atoms with van der Waals surface area (Å²) in [5.41, 5.74) is 0. The first-order chi connectivity index (χ1) is 27.0. The SMILES string of the molecule is CCCC/C=C\CCCCCCCC(=O)OC(COC(=O)CCCCCCC/C=C\C/C=C\CCCCCC)COC(=O)CCCCCCCCCCCC. The first-order valence-corrected chi connectivity index (χ1v) is 23.5. The molecule has 0 radical (unpaired) electrons. The van der Waals surface area contributed by atoms with Crippen LogP contribution in [0.5, 0.6) is 0 Å². The zero-order valence-electron chi connectivity index (χ0n) is 36.4. The van der Waals surface area contributed by atoms with Gasteiger partial charge in [0, 0.05) is 19.3 Å². The third-order valence-corrected chi connectivity index (χ3v) is 10.1. The van der Waals surface area contributed by atoms with Crippen molar-refractivity contribution < 1.29 is 28.6 Å². The summed E-state index contributed by atoms with van der Waals surface area (Å²) in [6.45, 7) is 6.55. The van der Waals surface area contributed by atoms with Crippen molar-refractivity contribution in [3.8, 4) is 0 Å². The summed E-state index contributed by atoms with van der Waals surface area (Å²) in [5, 5.41) is 0. The van der Waals surface area contributed by atoms with Crippen LogP contribution in [0.4, 0.5) is 0 Å². The Balaban J connectivity index is 4.36. The van der Waals surface area contributed by atoms with Crippen LogP contribution in [0.3, 0.4) is 0 Å². The van der Waals surface area contributed by atoms with Gasteiger partial charge in [0.15, 0.2) is 6.10 Å². The molecule has 0 heterocycles. The molecule has 0 N–H and O–H groups in total. The average molecular weight is 773 g/mol. The molecule has 0 aliphatic heterocycles. The van der Waals surface area contributed by atoms with E-state index in [2.05, 4.69) is 57.2 Å². The second-order valence-corrected chi connectivity index (χ2v) is 15.7. The molecule has 0 saturated carbocycles. The molecule has 0 saturated heterocycles. The van der Waals surface area contributed by atoms with E-state index < -0.39 is 6.10 Å². The summed E-state index contributed by atoms with van der Waals surface area (Å²) < 4.78 is 16.7. The number of rotatable bonds is 42. The number of unbranched alkanes of at least 4 members (excludes halogenated alkanes) is 25. The first kappa shape index (κ1) is 52.6. The van der Waals surface area contributed by atoms with Crippen LogP contribution in [0, 0.1) is 0 Å². The zero-order chi connectivity index (χ0) is 40.1. The minimum absolute atomic E-state index is 0.0782. The number of esters is 3. The van der Waals surface area contributed by atoms with Crippen molar-refractivity contribution in [2.75, 3.05) is 13.2 Å². The van der Waals surface area contributed by atoms with Crippen molar-refractivity contribution in [1.29, 1.82) is 0 Å². The van der Waals surface area contributed by atoms with Crippen molar-refractivity contribution in [2.45, 2.75) is 245 Å². The van der Waals surface area contributed by atoms with E-state index in [1.54, 1.807) is 0 Å². The third kappa shape index (κ3) is 42.6. The number of allylic oxidation sites excluding steroid dienone is 6. The van der Waals surface area contributed by atoms with Gasteiger partial charge in [-0.1, -0.05) is 186 Å². The summed E-state index contributed by atoms with van der Waals surface area (Å²) in [5.74, 6) is -0.901. The van der Waals surface area contributed by atoms with Crippen LogP contribution in [-0.4, -0.2) is 37.2 Å². The fraction of sp³-hybridized carbons (Fsp3) is 0.816. The van der Waals surface area contributed by atoms with E-state index >= 15 is 0 Å². The molecule has 6 nitrogen and oxygen atoms in total. The van der Waals surface area contributed by atoms with Gasteiger partial charge in [-0.05, 0) is 70.6 Å². The maximum absolute atomic E-state index is 12.7. The van der Waals surface area contributed by atoms with Gasteiger partial charge < -0.3 is 14.2 Å². The zero-order valence-corrected chi connectivity index (χ0v) is 36.4. The smallest absolute Gasteiger partial charge is 0.306 e. The molecule has 0 amide bonds. The molecule has 0 aromatic heterocycles. The lowest BCUT2D eigenvalue weighted by Gasteiger charge is -2.18. The Hall–Kier alpha value is -2.37. The van der Waals surface area contributed by atoms with Crippen LogP contribution < -0.4 is 0 Å². The third-order valence-electron chi connectivity index (χ3n) is 10.1. The van der Waals surface area contributed by atoms with Crippen LogP contribution in [0.2, 0.25) is 0 Å². The largest absolute Gasteiger partial charge is 0.462 e. The normalized spacial score (nSPS) is 12.3. The molecule has 0 rings (SSSR count). The predicted molar refractivity (Wildman–Crippen MR) is 233 cm³/mol. The number of hydrogen-bond acceptors (Lipinski definition) is 6. The van der Waals surface area contributed by atoms with Gasteiger partial charge in [0.25, 0.3) is 0 Å². The molecule has 0 aromatic rings. The molecule has 1 atom stereocenters. The van der Waals surface area contributed by atoms with Crippen LogP contribution in [0.15, 0.2) is 36.5 Å². The van der Waals surface area contributed by atoms with Gasteiger partial charge in [-0.2, -0.15) is 0 Å². The fourth-order valence-electron chi connectivity index (χ4n) is 6.51. The molecule has 0 bridgehead atoms. The minimum Gasteiger partial charge on any atom is -0.462 e.